The van der Waals surface area contributed by atoms with E-state index in [0.717, 1.165) is 10.0 Å². The fourth-order valence-corrected chi connectivity index (χ4v) is 3.52. The molecule has 0 atom stereocenters. The highest BCUT2D eigenvalue weighted by Crippen LogP contribution is 2.24. The quantitative estimate of drug-likeness (QED) is 0.629. The summed E-state index contributed by atoms with van der Waals surface area (Å²) in [5.41, 5.74) is 1.61. The summed E-state index contributed by atoms with van der Waals surface area (Å²) in [6.07, 6.45) is 0. The normalized spacial score (nSPS) is 10.5. The van der Waals surface area contributed by atoms with Gasteiger partial charge >= 0.3 is 0 Å². The Kier molecular flexibility index (Phi) is 5.98. The standard InChI is InChI=1S/C19H15BrFN3O2S/c1-24(10-17(25)22-15-5-3-2-4-14(15)20)19(26)16-11-27-18(23-16)12-6-8-13(21)9-7-12/h2-9,11H,10H2,1H3,(H,22,25). The topological polar surface area (TPSA) is 62.3 Å². The summed E-state index contributed by atoms with van der Waals surface area (Å²) in [4.78, 5) is 30.3. The minimum atomic E-state index is -0.359. The van der Waals surface area contributed by atoms with Crippen LogP contribution >= 0.6 is 27.3 Å². The molecular formula is C19H15BrFN3O2S. The summed E-state index contributed by atoms with van der Waals surface area (Å²) in [7, 11) is 1.54. The number of hydrogen-bond donors (Lipinski definition) is 1. The lowest BCUT2D eigenvalue weighted by molar-refractivity contribution is -0.116. The van der Waals surface area contributed by atoms with E-state index in [0.29, 0.717) is 10.7 Å². The van der Waals surface area contributed by atoms with Crippen molar-refractivity contribution in [1.29, 1.82) is 0 Å². The van der Waals surface area contributed by atoms with Crippen LogP contribution in [-0.2, 0) is 4.79 Å². The van der Waals surface area contributed by atoms with Crippen molar-refractivity contribution >= 4 is 44.8 Å². The number of rotatable bonds is 5. The van der Waals surface area contributed by atoms with Crippen molar-refractivity contribution in [1.82, 2.24) is 9.88 Å². The number of nitrogens with zero attached hydrogens (tertiary/aromatic N) is 2. The molecule has 2 amide bonds. The number of hydrogen-bond acceptors (Lipinski definition) is 4. The predicted octanol–water partition coefficient (Wildman–Crippen LogP) is 4.42. The van der Waals surface area contributed by atoms with E-state index < -0.39 is 0 Å². The van der Waals surface area contributed by atoms with Crippen molar-refractivity contribution in [2.24, 2.45) is 0 Å². The Morgan fingerprint density at radius 2 is 1.89 bits per heavy atom. The molecule has 138 valence electrons. The number of amides is 2. The van der Waals surface area contributed by atoms with Crippen molar-refractivity contribution in [3.63, 3.8) is 0 Å². The van der Waals surface area contributed by atoms with Crippen LogP contribution in [0.4, 0.5) is 10.1 Å². The summed E-state index contributed by atoms with van der Waals surface area (Å²) in [6, 6.07) is 13.1. The van der Waals surface area contributed by atoms with Gasteiger partial charge in [0.1, 0.15) is 16.5 Å². The maximum Gasteiger partial charge on any atom is 0.273 e. The van der Waals surface area contributed by atoms with Gasteiger partial charge in [-0.25, -0.2) is 9.37 Å². The average molecular weight is 448 g/mol. The summed E-state index contributed by atoms with van der Waals surface area (Å²) in [5, 5.41) is 4.99. The molecule has 0 spiro atoms. The highest BCUT2D eigenvalue weighted by Gasteiger charge is 2.19. The monoisotopic (exact) mass is 447 g/mol. The minimum Gasteiger partial charge on any atom is -0.331 e. The predicted molar refractivity (Wildman–Crippen MR) is 107 cm³/mol. The van der Waals surface area contributed by atoms with E-state index in [4.69, 9.17) is 0 Å². The van der Waals surface area contributed by atoms with E-state index in [1.165, 1.54) is 28.4 Å². The molecule has 3 aromatic rings. The van der Waals surface area contributed by atoms with Gasteiger partial charge in [0.15, 0.2) is 0 Å². The second-order valence-electron chi connectivity index (χ2n) is 5.73. The van der Waals surface area contributed by atoms with E-state index in [2.05, 4.69) is 26.2 Å². The van der Waals surface area contributed by atoms with Gasteiger partial charge in [-0.2, -0.15) is 0 Å². The van der Waals surface area contributed by atoms with Crippen molar-refractivity contribution in [3.05, 3.63) is 69.9 Å². The molecule has 0 radical (unpaired) electrons. The summed E-state index contributed by atoms with van der Waals surface area (Å²) in [5.74, 6) is -1.00. The number of aromatic nitrogens is 1. The lowest BCUT2D eigenvalue weighted by Crippen LogP contribution is -2.35. The third kappa shape index (κ3) is 4.78. The first-order valence-corrected chi connectivity index (χ1v) is 9.62. The molecule has 0 saturated carbocycles. The Balaban J connectivity index is 1.64. The van der Waals surface area contributed by atoms with Gasteiger partial charge in [0.05, 0.1) is 12.2 Å². The van der Waals surface area contributed by atoms with E-state index in [-0.39, 0.29) is 29.9 Å². The largest absolute Gasteiger partial charge is 0.331 e. The molecule has 0 aliphatic heterocycles. The summed E-state index contributed by atoms with van der Waals surface area (Å²) < 4.78 is 13.8. The molecule has 2 aromatic carbocycles. The number of anilines is 1. The Morgan fingerprint density at radius 1 is 1.19 bits per heavy atom. The lowest BCUT2D eigenvalue weighted by Gasteiger charge is -2.16. The number of thiazole rings is 1. The van der Waals surface area contributed by atoms with E-state index in [1.54, 1.807) is 30.6 Å². The number of likely N-dealkylation sites (N-methyl/N-ethyl adjacent to an activating group) is 1. The second-order valence-corrected chi connectivity index (χ2v) is 7.45. The zero-order valence-electron chi connectivity index (χ0n) is 14.3. The lowest BCUT2D eigenvalue weighted by atomic mass is 10.2. The number of nitrogens with one attached hydrogen (secondary N) is 1. The Morgan fingerprint density at radius 3 is 2.59 bits per heavy atom. The number of benzene rings is 2. The fraction of sp³-hybridized carbons (Fsp3) is 0.105. The van der Waals surface area contributed by atoms with Gasteiger partial charge in [0, 0.05) is 22.5 Å². The highest BCUT2D eigenvalue weighted by atomic mass is 79.9. The van der Waals surface area contributed by atoms with Crippen LogP contribution < -0.4 is 5.32 Å². The maximum atomic E-state index is 13.0. The second kappa shape index (κ2) is 8.41. The molecule has 3 rings (SSSR count). The number of carbonyl (C=O) groups excluding carboxylic acids is 2. The summed E-state index contributed by atoms with van der Waals surface area (Å²) >= 11 is 4.65. The molecule has 1 aromatic heterocycles. The Labute approximate surface area is 168 Å². The van der Waals surface area contributed by atoms with Crippen molar-refractivity contribution in [2.75, 3.05) is 18.9 Å². The van der Waals surface area contributed by atoms with Crippen LogP contribution in [0.1, 0.15) is 10.5 Å². The number of para-hydroxylation sites is 1. The molecule has 0 aliphatic rings. The highest BCUT2D eigenvalue weighted by molar-refractivity contribution is 9.10. The summed E-state index contributed by atoms with van der Waals surface area (Å²) in [6.45, 7) is -0.108. The van der Waals surface area contributed by atoms with Crippen LogP contribution in [-0.4, -0.2) is 35.3 Å². The molecule has 1 N–H and O–H groups in total. The Hall–Kier alpha value is -2.58. The molecule has 5 nitrogen and oxygen atoms in total. The average Bonchev–Trinajstić information content (AvgIpc) is 3.13. The molecule has 27 heavy (non-hydrogen) atoms. The van der Waals surface area contributed by atoms with Crippen molar-refractivity contribution in [3.8, 4) is 10.6 Å². The van der Waals surface area contributed by atoms with Crippen LogP contribution in [0.2, 0.25) is 0 Å². The van der Waals surface area contributed by atoms with Gasteiger partial charge in [-0.15, -0.1) is 11.3 Å². The molecule has 0 fully saturated rings. The van der Waals surface area contributed by atoms with Crippen LogP contribution in [0.15, 0.2) is 58.4 Å². The van der Waals surface area contributed by atoms with Crippen LogP contribution in [0.25, 0.3) is 10.6 Å². The molecule has 0 bridgehead atoms. The molecule has 0 saturated heterocycles. The first kappa shape index (κ1) is 19.2. The zero-order valence-corrected chi connectivity index (χ0v) is 16.7. The van der Waals surface area contributed by atoms with Gasteiger partial charge < -0.3 is 10.2 Å². The van der Waals surface area contributed by atoms with Crippen LogP contribution in [0.5, 0.6) is 0 Å². The molecule has 1 heterocycles. The number of halogens is 2. The van der Waals surface area contributed by atoms with E-state index in [1.807, 2.05) is 18.2 Å². The molecule has 0 aliphatic carbocycles. The third-order valence-electron chi connectivity index (χ3n) is 3.69. The maximum absolute atomic E-state index is 13.0. The fourth-order valence-electron chi connectivity index (χ4n) is 2.33. The first-order chi connectivity index (χ1) is 12.9. The van der Waals surface area contributed by atoms with Crippen molar-refractivity contribution < 1.29 is 14.0 Å². The van der Waals surface area contributed by atoms with E-state index in [9.17, 15) is 14.0 Å². The Bertz CT molecular complexity index is 975. The van der Waals surface area contributed by atoms with Gasteiger partial charge in [0.25, 0.3) is 5.91 Å². The zero-order chi connectivity index (χ0) is 19.4. The molecular weight excluding hydrogens is 433 g/mol. The van der Waals surface area contributed by atoms with Gasteiger partial charge in [-0.1, -0.05) is 12.1 Å². The third-order valence-corrected chi connectivity index (χ3v) is 5.27. The molecule has 8 heteroatoms. The smallest absolute Gasteiger partial charge is 0.273 e. The van der Waals surface area contributed by atoms with Crippen molar-refractivity contribution in [2.45, 2.75) is 0 Å². The first-order valence-electron chi connectivity index (χ1n) is 7.95. The molecule has 0 unspecified atom stereocenters. The van der Waals surface area contributed by atoms with Crippen LogP contribution in [0.3, 0.4) is 0 Å². The minimum absolute atomic E-state index is 0.108. The van der Waals surface area contributed by atoms with Gasteiger partial charge in [-0.05, 0) is 52.3 Å². The van der Waals surface area contributed by atoms with Crippen LogP contribution in [0, 0.1) is 5.82 Å². The van der Waals surface area contributed by atoms with Gasteiger partial charge in [0.2, 0.25) is 5.91 Å². The van der Waals surface area contributed by atoms with E-state index >= 15 is 0 Å². The number of carbonyl (C=O) groups is 2. The SMILES string of the molecule is CN(CC(=O)Nc1ccccc1Br)C(=O)c1csc(-c2ccc(F)cc2)n1. The van der Waals surface area contributed by atoms with Gasteiger partial charge in [-0.3, -0.25) is 9.59 Å².